The van der Waals surface area contributed by atoms with Crippen LogP contribution in [0, 0.1) is 0 Å². The van der Waals surface area contributed by atoms with E-state index in [9.17, 15) is 0 Å². The Morgan fingerprint density at radius 1 is 0.800 bits per heavy atom. The van der Waals surface area contributed by atoms with Crippen molar-refractivity contribution in [2.24, 2.45) is 0 Å². The first-order valence-corrected chi connectivity index (χ1v) is 10.0. The molecule has 1 fully saturated rings. The Labute approximate surface area is 123 Å². The normalized spacial score (nSPS) is 30.1. The van der Waals surface area contributed by atoms with E-state index in [1.54, 1.807) is 5.30 Å². The molecular weight excluding hydrogens is 261 g/mol. The zero-order valence-corrected chi connectivity index (χ0v) is 13.4. The van der Waals surface area contributed by atoms with Crippen molar-refractivity contribution in [1.82, 2.24) is 4.48 Å². The molecule has 1 nitrogen and oxygen atoms in total. The average molecular weight is 285 g/mol. The molecule has 0 aromatic heterocycles. The summed E-state index contributed by atoms with van der Waals surface area (Å²) in [5.74, 6) is 0. The third kappa shape index (κ3) is 2.53. The Kier molecular flexibility index (Phi) is 3.67. The number of benzene rings is 2. The van der Waals surface area contributed by atoms with E-state index in [0.717, 1.165) is 4.48 Å². The first kappa shape index (κ1) is 13.8. The lowest BCUT2D eigenvalue weighted by atomic mass is 10.2. The van der Waals surface area contributed by atoms with Crippen LogP contribution in [0.5, 0.6) is 0 Å². The van der Waals surface area contributed by atoms with Gasteiger partial charge < -0.3 is 0 Å². The van der Waals surface area contributed by atoms with Gasteiger partial charge >= 0.3 is 0 Å². The van der Waals surface area contributed by atoms with Crippen molar-refractivity contribution in [3.05, 3.63) is 60.7 Å². The topological polar surface area (TPSA) is 0 Å². The van der Waals surface area contributed by atoms with Gasteiger partial charge in [-0.1, -0.05) is 36.4 Å². The van der Waals surface area contributed by atoms with Crippen molar-refractivity contribution in [2.45, 2.75) is 0 Å². The van der Waals surface area contributed by atoms with Crippen LogP contribution in [0.3, 0.4) is 0 Å². The van der Waals surface area contributed by atoms with E-state index in [1.807, 2.05) is 0 Å². The quantitative estimate of drug-likeness (QED) is 0.584. The monoisotopic (exact) mass is 285 g/mol. The number of rotatable bonds is 2. The van der Waals surface area contributed by atoms with Crippen LogP contribution in [0.25, 0.3) is 0 Å². The van der Waals surface area contributed by atoms with Crippen LogP contribution in [0.1, 0.15) is 0 Å². The number of hydrogen-bond donors (Lipinski definition) is 0. The largest absolute Gasteiger partial charge is 0.288 e. The van der Waals surface area contributed by atoms with Crippen molar-refractivity contribution in [3.63, 3.8) is 0 Å². The lowest BCUT2D eigenvalue weighted by Gasteiger charge is -2.41. The van der Waals surface area contributed by atoms with Gasteiger partial charge in [0.15, 0.2) is 0 Å². The molecule has 0 unspecified atom stereocenters. The predicted molar refractivity (Wildman–Crippen MR) is 92.5 cm³/mol. The Hall–Kier alpha value is -1.17. The molecule has 0 amide bonds. The Balaban J connectivity index is 1.80. The summed E-state index contributed by atoms with van der Waals surface area (Å²) in [6.07, 6.45) is 2.73. The molecule has 0 bridgehead atoms. The maximum atomic E-state index is 2.54. The van der Waals surface area contributed by atoms with Gasteiger partial charge in [-0.25, -0.2) is 0 Å². The minimum atomic E-state index is -0.932. The summed E-state index contributed by atoms with van der Waals surface area (Å²) in [5, 5.41) is 1.61. The smallest absolute Gasteiger partial charge is 0.132 e. The SMILES string of the molecule is C[N+]1(c2ccccc2)CC[P+](C)(c2ccccc2)CC1. The number of quaternary nitrogens is 1. The van der Waals surface area contributed by atoms with Gasteiger partial charge in [-0.15, -0.1) is 0 Å². The van der Waals surface area contributed by atoms with Crippen LogP contribution in [-0.4, -0.2) is 39.1 Å². The van der Waals surface area contributed by atoms with Crippen LogP contribution in [-0.2, 0) is 0 Å². The zero-order valence-electron chi connectivity index (χ0n) is 12.5. The van der Waals surface area contributed by atoms with Gasteiger partial charge in [0, 0.05) is 0 Å². The molecule has 3 rings (SSSR count). The minimum Gasteiger partial charge on any atom is -0.288 e. The number of hydrogen-bond acceptors (Lipinski definition) is 0. The number of para-hydroxylation sites is 1. The molecular formula is C18H24NP+2. The molecule has 104 valence electrons. The lowest BCUT2D eigenvalue weighted by Crippen LogP contribution is -2.53. The fraction of sp³-hybridized carbons (Fsp3) is 0.333. The van der Waals surface area contributed by atoms with Crippen molar-refractivity contribution >= 4 is 18.3 Å². The predicted octanol–water partition coefficient (Wildman–Crippen LogP) is 3.61. The Morgan fingerprint density at radius 3 is 1.85 bits per heavy atom. The second kappa shape index (κ2) is 5.31. The summed E-state index contributed by atoms with van der Waals surface area (Å²) in [6, 6.07) is 22.2. The average Bonchev–Trinajstić information content (AvgIpc) is 2.52. The second-order valence-corrected chi connectivity index (χ2v) is 10.6. The van der Waals surface area contributed by atoms with Gasteiger partial charge in [-0.3, -0.25) is 4.48 Å². The number of nitrogens with zero attached hydrogens (tertiary/aromatic N) is 1. The van der Waals surface area contributed by atoms with Crippen LogP contribution in [0.15, 0.2) is 60.7 Å². The third-order valence-electron chi connectivity index (χ3n) is 4.93. The summed E-state index contributed by atoms with van der Waals surface area (Å²) in [4.78, 5) is 0. The van der Waals surface area contributed by atoms with Gasteiger partial charge in [0.25, 0.3) is 0 Å². The van der Waals surface area contributed by atoms with E-state index in [-0.39, 0.29) is 0 Å². The van der Waals surface area contributed by atoms with E-state index in [4.69, 9.17) is 0 Å². The van der Waals surface area contributed by atoms with Crippen molar-refractivity contribution in [2.75, 3.05) is 39.1 Å². The molecule has 2 heteroatoms. The summed E-state index contributed by atoms with van der Waals surface area (Å²) in [6.45, 7) is 5.07. The summed E-state index contributed by atoms with van der Waals surface area (Å²) in [5.41, 5.74) is 1.46. The van der Waals surface area contributed by atoms with Crippen LogP contribution in [0.4, 0.5) is 5.69 Å². The van der Waals surface area contributed by atoms with Gasteiger partial charge in [0.2, 0.25) is 0 Å². The van der Waals surface area contributed by atoms with Gasteiger partial charge in [-0.05, 0) is 24.3 Å². The second-order valence-electron chi connectivity index (χ2n) is 6.36. The molecule has 0 radical (unpaired) electrons. The van der Waals surface area contributed by atoms with Crippen molar-refractivity contribution in [3.8, 4) is 0 Å². The van der Waals surface area contributed by atoms with Crippen molar-refractivity contribution < 1.29 is 0 Å². The molecule has 0 saturated carbocycles. The van der Waals surface area contributed by atoms with E-state index < -0.39 is 7.26 Å². The molecule has 0 spiro atoms. The lowest BCUT2D eigenvalue weighted by molar-refractivity contribution is 0.359. The molecule has 20 heavy (non-hydrogen) atoms. The molecule has 0 atom stereocenters. The van der Waals surface area contributed by atoms with E-state index >= 15 is 0 Å². The van der Waals surface area contributed by atoms with Crippen LogP contribution < -0.4 is 9.79 Å². The maximum Gasteiger partial charge on any atom is 0.132 e. The van der Waals surface area contributed by atoms with E-state index in [2.05, 4.69) is 74.4 Å². The molecule has 1 saturated heterocycles. The Morgan fingerprint density at radius 2 is 1.30 bits per heavy atom. The van der Waals surface area contributed by atoms with Crippen molar-refractivity contribution in [1.29, 1.82) is 0 Å². The molecule has 0 N–H and O–H groups in total. The molecule has 1 aliphatic heterocycles. The van der Waals surface area contributed by atoms with Gasteiger partial charge in [0.05, 0.1) is 26.3 Å². The fourth-order valence-corrected chi connectivity index (χ4v) is 6.60. The highest BCUT2D eigenvalue weighted by atomic mass is 31.2. The molecule has 1 aliphatic rings. The first-order chi connectivity index (χ1) is 9.62. The maximum absolute atomic E-state index is 2.54. The van der Waals surface area contributed by atoms with E-state index in [1.165, 1.54) is 31.1 Å². The standard InChI is InChI=1S/C18H24NP/c1-19(17-9-5-3-6-10-17)13-15-20(2,16-14-19)18-11-7-4-8-12-18/h3-12H,13-16H2,1-2H3/q+2. The van der Waals surface area contributed by atoms with Gasteiger partial charge in [0.1, 0.15) is 31.1 Å². The Bertz CT molecular complexity index is 503. The highest BCUT2D eigenvalue weighted by Gasteiger charge is 2.45. The van der Waals surface area contributed by atoms with Crippen LogP contribution >= 0.6 is 7.26 Å². The summed E-state index contributed by atoms with van der Waals surface area (Å²) >= 11 is 0. The summed E-state index contributed by atoms with van der Waals surface area (Å²) < 4.78 is 1.10. The highest BCUT2D eigenvalue weighted by molar-refractivity contribution is 7.82. The molecule has 2 aromatic rings. The molecule has 2 aromatic carbocycles. The molecule has 1 heterocycles. The summed E-state index contributed by atoms with van der Waals surface area (Å²) in [7, 11) is 1.46. The third-order valence-corrected chi connectivity index (χ3v) is 8.85. The zero-order chi connectivity index (χ0) is 14.1. The van der Waals surface area contributed by atoms with E-state index in [0.29, 0.717) is 0 Å². The molecule has 0 aliphatic carbocycles. The fourth-order valence-electron chi connectivity index (χ4n) is 3.20. The van der Waals surface area contributed by atoms with Crippen LogP contribution in [0.2, 0.25) is 0 Å². The highest BCUT2D eigenvalue weighted by Crippen LogP contribution is 2.56. The first-order valence-electron chi connectivity index (χ1n) is 7.43. The van der Waals surface area contributed by atoms with Gasteiger partial charge in [-0.2, -0.15) is 0 Å². The minimum absolute atomic E-state index is 0.932.